The molecular weight excluding hydrogens is 292 g/mol. The first-order valence-corrected chi connectivity index (χ1v) is 7.12. The van der Waals surface area contributed by atoms with E-state index in [1.165, 1.54) is 0 Å². The molecule has 2 N–H and O–H groups in total. The van der Waals surface area contributed by atoms with Gasteiger partial charge in [-0.25, -0.2) is 4.98 Å². The highest BCUT2D eigenvalue weighted by atomic mass is 35.5. The molecule has 0 aliphatic rings. The van der Waals surface area contributed by atoms with Gasteiger partial charge in [-0.15, -0.1) is 0 Å². The largest absolute Gasteiger partial charge is 0.394 e. The van der Waals surface area contributed by atoms with Crippen molar-refractivity contribution in [3.8, 4) is 0 Å². The molecule has 0 saturated heterocycles. The van der Waals surface area contributed by atoms with Crippen molar-refractivity contribution in [2.45, 2.75) is 6.42 Å². The molecule has 1 amide bonds. The summed E-state index contributed by atoms with van der Waals surface area (Å²) in [5.74, 6) is -0.259. The molecule has 112 valence electrons. The van der Waals surface area contributed by atoms with E-state index in [9.17, 15) is 4.79 Å². The Morgan fingerprint density at radius 3 is 2.95 bits per heavy atom. The highest BCUT2D eigenvalue weighted by molar-refractivity contribution is 6.34. The van der Waals surface area contributed by atoms with Gasteiger partial charge in [0.25, 0.3) is 5.91 Å². The molecule has 1 heterocycles. The maximum absolute atomic E-state index is 12.0. The van der Waals surface area contributed by atoms with Crippen LogP contribution in [0.25, 0.3) is 10.8 Å². The average molecular weight is 309 g/mol. The quantitative estimate of drug-likeness (QED) is 0.606. The molecule has 2 aromatic rings. The molecule has 21 heavy (non-hydrogen) atoms. The van der Waals surface area contributed by atoms with Crippen molar-refractivity contribution in [3.05, 3.63) is 41.2 Å². The number of fused-ring (bicyclic) bond motifs is 1. The average Bonchev–Trinajstić information content (AvgIpc) is 2.50. The molecule has 2 rings (SSSR count). The van der Waals surface area contributed by atoms with E-state index in [-0.39, 0.29) is 12.5 Å². The van der Waals surface area contributed by atoms with E-state index in [2.05, 4.69) is 10.3 Å². The zero-order valence-corrected chi connectivity index (χ0v) is 12.3. The number of halogens is 1. The van der Waals surface area contributed by atoms with Crippen molar-refractivity contribution in [3.63, 3.8) is 0 Å². The van der Waals surface area contributed by atoms with Gasteiger partial charge in [0.15, 0.2) is 0 Å². The van der Waals surface area contributed by atoms with Gasteiger partial charge in [0.05, 0.1) is 13.2 Å². The lowest BCUT2D eigenvalue weighted by Gasteiger charge is -2.07. The number of rotatable bonds is 7. The minimum atomic E-state index is -0.259. The Morgan fingerprint density at radius 1 is 1.33 bits per heavy atom. The van der Waals surface area contributed by atoms with Gasteiger partial charge in [0.1, 0.15) is 10.8 Å². The Hall–Kier alpha value is -1.69. The normalized spacial score (nSPS) is 10.8. The van der Waals surface area contributed by atoms with Crippen molar-refractivity contribution in [1.82, 2.24) is 10.3 Å². The molecule has 5 nitrogen and oxygen atoms in total. The second kappa shape index (κ2) is 7.93. The predicted molar refractivity (Wildman–Crippen MR) is 81.6 cm³/mol. The Labute approximate surface area is 127 Å². The van der Waals surface area contributed by atoms with Crippen LogP contribution < -0.4 is 5.32 Å². The summed E-state index contributed by atoms with van der Waals surface area (Å²) < 4.78 is 5.11. The fourth-order valence-electron chi connectivity index (χ4n) is 1.91. The number of nitrogens with zero attached hydrogens (tertiary/aromatic N) is 1. The summed E-state index contributed by atoms with van der Waals surface area (Å²) in [6, 6.07) is 9.24. The third-order valence-electron chi connectivity index (χ3n) is 2.91. The predicted octanol–water partition coefficient (Wildman–Crippen LogP) is 2.02. The van der Waals surface area contributed by atoms with Gasteiger partial charge < -0.3 is 15.2 Å². The number of aliphatic hydroxyl groups excluding tert-OH is 1. The van der Waals surface area contributed by atoms with Gasteiger partial charge in [-0.3, -0.25) is 4.79 Å². The SMILES string of the molecule is O=C(NCCCOCCO)c1cc2ccccc2c(Cl)n1. The number of hydrogen-bond acceptors (Lipinski definition) is 4. The lowest BCUT2D eigenvalue weighted by Crippen LogP contribution is -2.26. The molecule has 0 saturated carbocycles. The number of aliphatic hydroxyl groups is 1. The minimum absolute atomic E-state index is 0.00582. The van der Waals surface area contributed by atoms with E-state index in [0.717, 1.165) is 10.8 Å². The topological polar surface area (TPSA) is 71.5 Å². The molecule has 0 aliphatic heterocycles. The highest BCUT2D eigenvalue weighted by Crippen LogP contribution is 2.22. The fraction of sp³-hybridized carbons (Fsp3) is 0.333. The van der Waals surface area contributed by atoms with Crippen LogP contribution in [-0.2, 0) is 4.74 Å². The van der Waals surface area contributed by atoms with Crippen LogP contribution in [0.2, 0.25) is 5.15 Å². The number of hydrogen-bond donors (Lipinski definition) is 2. The molecule has 0 bridgehead atoms. The van der Waals surface area contributed by atoms with Crippen LogP contribution >= 0.6 is 11.6 Å². The van der Waals surface area contributed by atoms with E-state index < -0.39 is 0 Å². The van der Waals surface area contributed by atoms with Crippen molar-refractivity contribution < 1.29 is 14.6 Å². The van der Waals surface area contributed by atoms with Crippen molar-refractivity contribution >= 4 is 28.3 Å². The number of ether oxygens (including phenoxy) is 1. The summed E-state index contributed by atoms with van der Waals surface area (Å²) in [6.07, 6.45) is 0.674. The molecule has 1 aromatic heterocycles. The summed E-state index contributed by atoms with van der Waals surface area (Å²) in [4.78, 5) is 16.1. The van der Waals surface area contributed by atoms with E-state index in [1.807, 2.05) is 24.3 Å². The second-order valence-electron chi connectivity index (χ2n) is 4.46. The number of amides is 1. The number of carbonyl (C=O) groups excluding carboxylic acids is 1. The fourth-order valence-corrected chi connectivity index (χ4v) is 2.17. The van der Waals surface area contributed by atoms with Crippen LogP contribution in [-0.4, -0.2) is 42.4 Å². The molecule has 1 aromatic carbocycles. The van der Waals surface area contributed by atoms with E-state index in [1.54, 1.807) is 6.07 Å². The highest BCUT2D eigenvalue weighted by Gasteiger charge is 2.10. The molecule has 0 atom stereocenters. The zero-order chi connectivity index (χ0) is 15.1. The molecule has 0 radical (unpaired) electrons. The Balaban J connectivity index is 1.93. The van der Waals surface area contributed by atoms with Gasteiger partial charge in [-0.2, -0.15) is 0 Å². The number of carbonyl (C=O) groups is 1. The third-order valence-corrected chi connectivity index (χ3v) is 3.20. The standard InChI is InChI=1S/C15H17ClN2O3/c16-14-12-5-2-1-4-11(12)10-13(18-14)15(20)17-6-3-8-21-9-7-19/h1-2,4-5,10,19H,3,6-9H2,(H,17,20). The zero-order valence-electron chi connectivity index (χ0n) is 11.5. The lowest BCUT2D eigenvalue weighted by atomic mass is 10.1. The maximum Gasteiger partial charge on any atom is 0.269 e. The van der Waals surface area contributed by atoms with E-state index >= 15 is 0 Å². The summed E-state index contributed by atoms with van der Waals surface area (Å²) in [6.45, 7) is 1.30. The number of nitrogens with one attached hydrogen (secondary N) is 1. The summed E-state index contributed by atoms with van der Waals surface area (Å²) in [7, 11) is 0. The molecule has 0 fully saturated rings. The van der Waals surface area contributed by atoms with Crippen LogP contribution in [0.3, 0.4) is 0 Å². The molecule has 0 aliphatic carbocycles. The van der Waals surface area contributed by atoms with Gasteiger partial charge in [0.2, 0.25) is 0 Å². The number of benzene rings is 1. The number of aromatic nitrogens is 1. The van der Waals surface area contributed by atoms with Crippen LogP contribution in [0.5, 0.6) is 0 Å². The van der Waals surface area contributed by atoms with Crippen LogP contribution in [0.4, 0.5) is 0 Å². The third kappa shape index (κ3) is 4.39. The van der Waals surface area contributed by atoms with Crippen molar-refractivity contribution in [1.29, 1.82) is 0 Å². The van der Waals surface area contributed by atoms with Crippen molar-refractivity contribution in [2.24, 2.45) is 0 Å². The van der Waals surface area contributed by atoms with Gasteiger partial charge >= 0.3 is 0 Å². The van der Waals surface area contributed by atoms with Gasteiger partial charge in [-0.05, 0) is 17.9 Å². The first-order valence-electron chi connectivity index (χ1n) is 6.74. The van der Waals surface area contributed by atoms with Gasteiger partial charge in [0, 0.05) is 18.5 Å². The molecular formula is C15H17ClN2O3. The van der Waals surface area contributed by atoms with Crippen LogP contribution in [0, 0.1) is 0 Å². The van der Waals surface area contributed by atoms with E-state index in [0.29, 0.717) is 37.0 Å². The Morgan fingerprint density at radius 2 is 2.14 bits per heavy atom. The lowest BCUT2D eigenvalue weighted by molar-refractivity contribution is 0.0866. The second-order valence-corrected chi connectivity index (χ2v) is 4.82. The summed E-state index contributed by atoms with van der Waals surface area (Å²) >= 11 is 6.09. The molecule has 0 spiro atoms. The van der Waals surface area contributed by atoms with Crippen molar-refractivity contribution in [2.75, 3.05) is 26.4 Å². The van der Waals surface area contributed by atoms with E-state index in [4.69, 9.17) is 21.4 Å². The first-order chi connectivity index (χ1) is 10.2. The maximum atomic E-state index is 12.0. The monoisotopic (exact) mass is 308 g/mol. The van der Waals surface area contributed by atoms with Crippen LogP contribution in [0.1, 0.15) is 16.9 Å². The molecule has 6 heteroatoms. The Kier molecular flexibility index (Phi) is 5.92. The summed E-state index contributed by atoms with van der Waals surface area (Å²) in [5, 5.41) is 13.4. The smallest absolute Gasteiger partial charge is 0.269 e. The van der Waals surface area contributed by atoms with Gasteiger partial charge in [-0.1, -0.05) is 35.9 Å². The molecule has 0 unspecified atom stereocenters. The number of pyridine rings is 1. The minimum Gasteiger partial charge on any atom is -0.394 e. The van der Waals surface area contributed by atoms with Crippen LogP contribution in [0.15, 0.2) is 30.3 Å². The summed E-state index contributed by atoms with van der Waals surface area (Å²) in [5.41, 5.74) is 0.301. The Bertz CT molecular complexity index is 619. The first kappa shape index (κ1) is 15.7.